The van der Waals surface area contributed by atoms with Crippen LogP contribution in [0, 0.1) is 0 Å². The van der Waals surface area contributed by atoms with E-state index in [1.807, 2.05) is 23.2 Å². The number of imidazole rings is 1. The number of nitrogens with zero attached hydrogens (tertiary/aromatic N) is 4. The van der Waals surface area contributed by atoms with Gasteiger partial charge in [-0.1, -0.05) is 12.8 Å². The second kappa shape index (κ2) is 9.47. The van der Waals surface area contributed by atoms with Crippen molar-refractivity contribution in [1.29, 1.82) is 0 Å². The average Bonchev–Trinajstić information content (AvgIpc) is 3.43. The summed E-state index contributed by atoms with van der Waals surface area (Å²) in [6.07, 6.45) is 7.72. The molecule has 0 N–H and O–H groups in total. The Morgan fingerprint density at radius 1 is 1.36 bits per heavy atom. The maximum Gasteiger partial charge on any atom is 0.228 e. The van der Waals surface area contributed by atoms with Crippen LogP contribution in [0.5, 0.6) is 0 Å². The van der Waals surface area contributed by atoms with Gasteiger partial charge in [0.1, 0.15) is 5.01 Å². The van der Waals surface area contributed by atoms with Gasteiger partial charge in [-0.15, -0.1) is 11.3 Å². The van der Waals surface area contributed by atoms with Gasteiger partial charge in [-0.25, -0.2) is 18.4 Å². The van der Waals surface area contributed by atoms with E-state index in [4.69, 9.17) is 4.74 Å². The van der Waals surface area contributed by atoms with Gasteiger partial charge >= 0.3 is 0 Å². The number of ether oxygens (including phenoxy) is 1. The van der Waals surface area contributed by atoms with Crippen LogP contribution in [0.25, 0.3) is 0 Å². The lowest BCUT2D eigenvalue weighted by atomic mass is 10.3. The number of rotatable bonds is 10. The highest BCUT2D eigenvalue weighted by Gasteiger charge is 2.34. The summed E-state index contributed by atoms with van der Waals surface area (Å²) < 4.78 is 33.4. The minimum absolute atomic E-state index is 0.150. The number of thiazole rings is 1. The molecule has 28 heavy (non-hydrogen) atoms. The normalized spacial score (nSPS) is 16.9. The number of methoxy groups -OCH3 is 1. The highest BCUT2D eigenvalue weighted by atomic mass is 32.2. The Labute approximate surface area is 171 Å². The number of aromatic nitrogens is 3. The monoisotopic (exact) mass is 426 g/mol. The second-order valence-corrected chi connectivity index (χ2v) is 10.5. The first-order chi connectivity index (χ1) is 13.4. The highest BCUT2D eigenvalue weighted by molar-refractivity contribution is 7.91. The van der Waals surface area contributed by atoms with E-state index >= 15 is 0 Å². The van der Waals surface area contributed by atoms with Crippen LogP contribution in [0.3, 0.4) is 0 Å². The first kappa shape index (κ1) is 21.4. The first-order valence-electron chi connectivity index (χ1n) is 9.82. The summed E-state index contributed by atoms with van der Waals surface area (Å²) in [4.78, 5) is 11.0. The molecule has 9 heteroatoms. The van der Waals surface area contributed by atoms with Crippen molar-refractivity contribution in [2.24, 2.45) is 0 Å². The predicted octanol–water partition coefficient (Wildman–Crippen LogP) is 3.29. The molecule has 0 bridgehead atoms. The van der Waals surface area contributed by atoms with Crippen LogP contribution in [0.4, 0.5) is 0 Å². The Hall–Kier alpha value is -1.29. The van der Waals surface area contributed by atoms with Crippen LogP contribution in [-0.2, 0) is 27.7 Å². The fourth-order valence-electron chi connectivity index (χ4n) is 3.72. The molecule has 0 aromatic carbocycles. The van der Waals surface area contributed by atoms with E-state index in [9.17, 15) is 8.42 Å². The fraction of sp³-hybridized carbons (Fsp3) is 0.684. The molecule has 156 valence electrons. The zero-order chi connectivity index (χ0) is 20.1. The van der Waals surface area contributed by atoms with E-state index in [-0.39, 0.29) is 16.4 Å². The van der Waals surface area contributed by atoms with Crippen molar-refractivity contribution in [3.63, 3.8) is 0 Å². The summed E-state index contributed by atoms with van der Waals surface area (Å²) in [6.45, 7) is 3.90. The molecule has 2 heterocycles. The van der Waals surface area contributed by atoms with E-state index in [1.165, 1.54) is 0 Å². The minimum atomic E-state index is -3.40. The number of hydrogen-bond donors (Lipinski definition) is 0. The van der Waals surface area contributed by atoms with Crippen molar-refractivity contribution in [3.8, 4) is 0 Å². The lowest BCUT2D eigenvalue weighted by molar-refractivity contribution is 0.187. The molecule has 3 rings (SSSR count). The Bertz CT molecular complexity index is 843. The predicted molar refractivity (Wildman–Crippen MR) is 110 cm³/mol. The van der Waals surface area contributed by atoms with Gasteiger partial charge in [0, 0.05) is 38.4 Å². The van der Waals surface area contributed by atoms with E-state index < -0.39 is 9.84 Å². The molecule has 0 amide bonds. The van der Waals surface area contributed by atoms with Gasteiger partial charge in [-0.2, -0.15) is 0 Å². The molecular formula is C19H30N4O3S2. The van der Waals surface area contributed by atoms with Gasteiger partial charge in [0.2, 0.25) is 15.0 Å². The molecule has 2 aromatic rings. The van der Waals surface area contributed by atoms with Crippen LogP contribution in [0.1, 0.15) is 55.8 Å². The molecule has 1 aliphatic carbocycles. The molecule has 1 fully saturated rings. The van der Waals surface area contributed by atoms with Crippen molar-refractivity contribution in [2.75, 3.05) is 20.8 Å². The maximum atomic E-state index is 13.2. The Kier molecular flexibility index (Phi) is 7.25. The molecule has 1 saturated carbocycles. The lowest BCUT2D eigenvalue weighted by Crippen LogP contribution is -2.26. The topological polar surface area (TPSA) is 77.3 Å². The largest absolute Gasteiger partial charge is 0.385 e. The van der Waals surface area contributed by atoms with Crippen molar-refractivity contribution in [2.45, 2.75) is 68.6 Å². The summed E-state index contributed by atoms with van der Waals surface area (Å²) in [6, 6.07) is 0.150. The van der Waals surface area contributed by atoms with Gasteiger partial charge in [0.25, 0.3) is 0 Å². The summed E-state index contributed by atoms with van der Waals surface area (Å²) >= 11 is 1.63. The Morgan fingerprint density at radius 2 is 2.11 bits per heavy atom. The molecule has 0 unspecified atom stereocenters. The van der Waals surface area contributed by atoms with Crippen LogP contribution in [0.2, 0.25) is 0 Å². The fourth-order valence-corrected chi connectivity index (χ4v) is 6.45. The average molecular weight is 427 g/mol. The van der Waals surface area contributed by atoms with Gasteiger partial charge < -0.3 is 9.30 Å². The standard InChI is InChI=1S/C19H30N4O3S2/c1-15(18-20-9-12-27-18)22(2)14-16-13-21-19(23(16)10-6-11-26-3)28(24,25)17-7-4-5-8-17/h9,12-13,15,17H,4-8,10-11,14H2,1-3H3/t15-/m1/s1. The zero-order valence-electron chi connectivity index (χ0n) is 16.9. The lowest BCUT2D eigenvalue weighted by Gasteiger charge is -2.24. The number of sulfone groups is 1. The molecular weight excluding hydrogens is 396 g/mol. The molecule has 2 aromatic heterocycles. The second-order valence-electron chi connectivity index (χ2n) is 7.44. The van der Waals surface area contributed by atoms with Crippen molar-refractivity contribution in [1.82, 2.24) is 19.4 Å². The SMILES string of the molecule is COCCCn1c(CN(C)[C@H](C)c2nccs2)cnc1S(=O)(=O)C1CCCC1. The molecule has 0 spiro atoms. The van der Waals surface area contributed by atoms with Crippen molar-refractivity contribution in [3.05, 3.63) is 28.5 Å². The Balaban J connectivity index is 1.84. The summed E-state index contributed by atoms with van der Waals surface area (Å²) in [5.74, 6) is 0. The quantitative estimate of drug-likeness (QED) is 0.543. The van der Waals surface area contributed by atoms with E-state index in [2.05, 4.69) is 21.8 Å². The van der Waals surface area contributed by atoms with E-state index in [0.717, 1.165) is 42.8 Å². The molecule has 1 atom stereocenters. The van der Waals surface area contributed by atoms with Gasteiger partial charge in [-0.05, 0) is 33.2 Å². The van der Waals surface area contributed by atoms with Gasteiger partial charge in [0.05, 0.1) is 23.2 Å². The van der Waals surface area contributed by atoms with Crippen molar-refractivity contribution < 1.29 is 13.2 Å². The third-order valence-corrected chi connectivity index (χ3v) is 8.64. The highest BCUT2D eigenvalue weighted by Crippen LogP contribution is 2.30. The molecule has 0 radical (unpaired) electrons. The van der Waals surface area contributed by atoms with Crippen molar-refractivity contribution >= 4 is 21.2 Å². The third-order valence-electron chi connectivity index (χ3n) is 5.51. The summed E-state index contributed by atoms with van der Waals surface area (Å²) in [7, 11) is 0.290. The number of hydrogen-bond acceptors (Lipinski definition) is 7. The Morgan fingerprint density at radius 3 is 2.75 bits per heavy atom. The van der Waals surface area contributed by atoms with Gasteiger partial charge in [0.15, 0.2) is 0 Å². The van der Waals surface area contributed by atoms with Gasteiger partial charge in [-0.3, -0.25) is 4.90 Å². The summed E-state index contributed by atoms with van der Waals surface area (Å²) in [5.41, 5.74) is 0.915. The van der Waals surface area contributed by atoms with E-state index in [0.29, 0.717) is 19.7 Å². The molecule has 7 nitrogen and oxygen atoms in total. The van der Waals surface area contributed by atoms with Crippen LogP contribution in [0.15, 0.2) is 22.9 Å². The smallest absolute Gasteiger partial charge is 0.228 e. The molecule has 0 saturated heterocycles. The summed E-state index contributed by atoms with van der Waals surface area (Å²) in [5, 5.41) is 2.95. The van der Waals surface area contributed by atoms with Crippen LogP contribution in [-0.4, -0.2) is 53.9 Å². The zero-order valence-corrected chi connectivity index (χ0v) is 18.5. The minimum Gasteiger partial charge on any atom is -0.385 e. The third kappa shape index (κ3) is 4.64. The first-order valence-corrected chi connectivity index (χ1v) is 12.2. The van der Waals surface area contributed by atoms with Crippen LogP contribution >= 0.6 is 11.3 Å². The molecule has 1 aliphatic rings. The maximum absolute atomic E-state index is 13.2. The van der Waals surface area contributed by atoms with Crippen LogP contribution < -0.4 is 0 Å². The van der Waals surface area contributed by atoms with E-state index in [1.54, 1.807) is 24.6 Å². The molecule has 0 aliphatic heterocycles.